The quantitative estimate of drug-likeness (QED) is 0.809. The molecule has 1 unspecified atom stereocenters. The van der Waals surface area contributed by atoms with Crippen molar-refractivity contribution in [3.8, 4) is 0 Å². The molecule has 1 aliphatic rings. The third-order valence-electron chi connectivity index (χ3n) is 2.91. The van der Waals surface area contributed by atoms with Crippen molar-refractivity contribution in [1.82, 2.24) is 0 Å². The monoisotopic (exact) mass is 266 g/mol. The summed E-state index contributed by atoms with van der Waals surface area (Å²) in [5, 5.41) is 7.00. The number of carbonyl (C=O) groups excluding carboxylic acids is 1. The van der Waals surface area contributed by atoms with E-state index in [1.54, 1.807) is 6.07 Å². The highest BCUT2D eigenvalue weighted by atomic mass is 35.5. The molecule has 2 N–H and O–H groups in total. The van der Waals surface area contributed by atoms with Crippen LogP contribution in [0.25, 0.3) is 0 Å². The summed E-state index contributed by atoms with van der Waals surface area (Å²) in [5.74, 6) is 0.0535. The van der Waals surface area contributed by atoms with Crippen LogP contribution in [0.4, 0.5) is 11.4 Å². The Labute approximate surface area is 113 Å². The Morgan fingerprint density at radius 1 is 1.33 bits per heavy atom. The molecule has 1 aliphatic heterocycles. The van der Waals surface area contributed by atoms with Crippen LogP contribution < -0.4 is 10.6 Å². The van der Waals surface area contributed by atoms with Crippen LogP contribution in [-0.4, -0.2) is 11.9 Å². The van der Waals surface area contributed by atoms with E-state index >= 15 is 0 Å². The van der Waals surface area contributed by atoms with E-state index in [2.05, 4.69) is 31.4 Å². The number of benzene rings is 1. The van der Waals surface area contributed by atoms with E-state index < -0.39 is 0 Å². The molecule has 0 aromatic heterocycles. The summed E-state index contributed by atoms with van der Waals surface area (Å²) in [6.45, 7) is 6.53. The predicted octanol–water partition coefficient (Wildman–Crippen LogP) is 3.90. The zero-order valence-electron chi connectivity index (χ0n) is 11.0. The van der Waals surface area contributed by atoms with Crippen molar-refractivity contribution in [3.63, 3.8) is 0 Å². The van der Waals surface area contributed by atoms with Gasteiger partial charge in [0, 0.05) is 17.5 Å². The number of anilines is 2. The first-order chi connectivity index (χ1) is 8.33. The summed E-state index contributed by atoms with van der Waals surface area (Å²) in [7, 11) is 0. The first-order valence-corrected chi connectivity index (χ1v) is 6.57. The van der Waals surface area contributed by atoms with Gasteiger partial charge in [-0.3, -0.25) is 4.79 Å². The van der Waals surface area contributed by atoms with Gasteiger partial charge in [-0.15, -0.1) is 0 Å². The molecular formula is C14H19ClN2O. The van der Waals surface area contributed by atoms with Crippen LogP contribution in [-0.2, 0) is 4.79 Å². The highest BCUT2D eigenvalue weighted by molar-refractivity contribution is 6.31. The lowest BCUT2D eigenvalue weighted by molar-refractivity contribution is -0.116. The number of hydrogen-bond acceptors (Lipinski definition) is 2. The van der Waals surface area contributed by atoms with E-state index in [0.29, 0.717) is 11.4 Å². The maximum absolute atomic E-state index is 11.8. The molecule has 2 rings (SSSR count). The second kappa shape index (κ2) is 4.81. The summed E-state index contributed by atoms with van der Waals surface area (Å²) in [6.07, 6.45) is 1.43. The summed E-state index contributed by atoms with van der Waals surface area (Å²) in [4.78, 5) is 11.8. The number of nitrogens with one attached hydrogen (secondary N) is 2. The van der Waals surface area contributed by atoms with Crippen LogP contribution >= 0.6 is 11.6 Å². The zero-order valence-corrected chi connectivity index (χ0v) is 11.8. The normalized spacial score (nSPS) is 19.6. The van der Waals surface area contributed by atoms with Gasteiger partial charge in [0.1, 0.15) is 0 Å². The van der Waals surface area contributed by atoms with Crippen LogP contribution in [0.1, 0.15) is 33.6 Å². The topological polar surface area (TPSA) is 41.1 Å². The zero-order chi connectivity index (χ0) is 13.3. The fourth-order valence-electron chi connectivity index (χ4n) is 2.30. The third kappa shape index (κ3) is 3.39. The van der Waals surface area contributed by atoms with E-state index in [1.807, 2.05) is 12.1 Å². The van der Waals surface area contributed by atoms with Crippen molar-refractivity contribution in [1.29, 1.82) is 0 Å². The number of rotatable bonds is 1. The van der Waals surface area contributed by atoms with Gasteiger partial charge < -0.3 is 10.6 Å². The van der Waals surface area contributed by atoms with Gasteiger partial charge in [0.2, 0.25) is 5.91 Å². The number of halogens is 1. The fraction of sp³-hybridized carbons (Fsp3) is 0.500. The molecule has 1 atom stereocenters. The lowest BCUT2D eigenvalue weighted by atomic mass is 9.87. The van der Waals surface area contributed by atoms with Gasteiger partial charge in [0.05, 0.1) is 11.4 Å². The van der Waals surface area contributed by atoms with Gasteiger partial charge in [-0.2, -0.15) is 0 Å². The number of amides is 1. The van der Waals surface area contributed by atoms with Gasteiger partial charge in [0.15, 0.2) is 0 Å². The lowest BCUT2D eigenvalue weighted by Gasteiger charge is -2.25. The SMILES string of the molecule is CC(C)(C)CC1CC(=O)Nc2ccc(Cl)cc2N1. The van der Waals surface area contributed by atoms with Crippen molar-refractivity contribution in [3.05, 3.63) is 23.2 Å². The summed E-state index contributed by atoms with van der Waals surface area (Å²) < 4.78 is 0. The van der Waals surface area contributed by atoms with Crippen LogP contribution in [0, 0.1) is 5.41 Å². The minimum absolute atomic E-state index is 0.0535. The number of carbonyl (C=O) groups is 1. The van der Waals surface area contributed by atoms with Crippen molar-refractivity contribution < 1.29 is 4.79 Å². The average Bonchev–Trinajstić information content (AvgIpc) is 2.32. The van der Waals surface area contributed by atoms with E-state index in [4.69, 9.17) is 11.6 Å². The minimum atomic E-state index is 0.0535. The third-order valence-corrected chi connectivity index (χ3v) is 3.14. The summed E-state index contributed by atoms with van der Waals surface area (Å²) in [5.41, 5.74) is 1.89. The van der Waals surface area contributed by atoms with Crippen molar-refractivity contribution >= 4 is 28.9 Å². The Bertz CT molecular complexity index is 465. The smallest absolute Gasteiger partial charge is 0.226 e. The van der Waals surface area contributed by atoms with E-state index in [1.165, 1.54) is 0 Å². The van der Waals surface area contributed by atoms with Crippen molar-refractivity contribution in [2.45, 2.75) is 39.7 Å². The maximum atomic E-state index is 11.8. The van der Waals surface area contributed by atoms with Crippen LogP contribution in [0.3, 0.4) is 0 Å². The Kier molecular flexibility index (Phi) is 3.53. The van der Waals surface area contributed by atoms with Gasteiger partial charge in [-0.25, -0.2) is 0 Å². The number of fused-ring (bicyclic) bond motifs is 1. The van der Waals surface area contributed by atoms with Gasteiger partial charge >= 0.3 is 0 Å². The molecule has 98 valence electrons. The van der Waals surface area contributed by atoms with E-state index in [-0.39, 0.29) is 17.4 Å². The summed E-state index contributed by atoms with van der Waals surface area (Å²) >= 11 is 5.99. The second-order valence-corrected chi connectivity index (χ2v) is 6.48. The van der Waals surface area contributed by atoms with Crippen LogP contribution in [0.2, 0.25) is 5.02 Å². The van der Waals surface area contributed by atoms with Crippen molar-refractivity contribution in [2.24, 2.45) is 5.41 Å². The average molecular weight is 267 g/mol. The molecule has 1 aromatic rings. The Morgan fingerprint density at radius 3 is 2.72 bits per heavy atom. The summed E-state index contributed by atoms with van der Waals surface area (Å²) in [6, 6.07) is 5.62. The Hall–Kier alpha value is -1.22. The molecule has 0 aliphatic carbocycles. The minimum Gasteiger partial charge on any atom is -0.380 e. The van der Waals surface area contributed by atoms with Gasteiger partial charge in [0.25, 0.3) is 0 Å². The van der Waals surface area contributed by atoms with Crippen LogP contribution in [0.15, 0.2) is 18.2 Å². The van der Waals surface area contributed by atoms with E-state index in [9.17, 15) is 4.79 Å². The first-order valence-electron chi connectivity index (χ1n) is 6.19. The van der Waals surface area contributed by atoms with Crippen molar-refractivity contribution in [2.75, 3.05) is 10.6 Å². The molecule has 4 heteroatoms. The molecule has 1 amide bonds. The molecule has 0 saturated heterocycles. The van der Waals surface area contributed by atoms with Crippen LogP contribution in [0.5, 0.6) is 0 Å². The highest BCUT2D eigenvalue weighted by Gasteiger charge is 2.25. The molecular weight excluding hydrogens is 248 g/mol. The molecule has 0 spiro atoms. The first kappa shape index (κ1) is 13.2. The second-order valence-electron chi connectivity index (χ2n) is 6.05. The molecule has 1 aromatic carbocycles. The lowest BCUT2D eigenvalue weighted by Crippen LogP contribution is -2.27. The van der Waals surface area contributed by atoms with E-state index in [0.717, 1.165) is 17.8 Å². The highest BCUT2D eigenvalue weighted by Crippen LogP contribution is 2.32. The van der Waals surface area contributed by atoms with Gasteiger partial charge in [-0.1, -0.05) is 32.4 Å². The molecule has 0 saturated carbocycles. The maximum Gasteiger partial charge on any atom is 0.226 e. The largest absolute Gasteiger partial charge is 0.380 e. The van der Waals surface area contributed by atoms with Gasteiger partial charge in [-0.05, 0) is 30.0 Å². The Balaban J connectivity index is 2.25. The molecule has 18 heavy (non-hydrogen) atoms. The number of hydrogen-bond donors (Lipinski definition) is 2. The molecule has 1 heterocycles. The fourth-order valence-corrected chi connectivity index (χ4v) is 2.48. The standard InChI is InChI=1S/C14H19ClN2O/c1-14(2,3)8-10-7-13(18)17-11-5-4-9(15)6-12(11)16-10/h4-6,10,16H,7-8H2,1-3H3,(H,17,18). The molecule has 0 bridgehead atoms. The Morgan fingerprint density at radius 2 is 2.06 bits per heavy atom. The molecule has 0 fully saturated rings. The molecule has 3 nitrogen and oxygen atoms in total. The molecule has 0 radical (unpaired) electrons. The predicted molar refractivity (Wildman–Crippen MR) is 76.2 cm³/mol.